The number of methoxy groups -OCH3 is 1. The fourth-order valence-corrected chi connectivity index (χ4v) is 4.19. The summed E-state index contributed by atoms with van der Waals surface area (Å²) in [4.78, 5) is 28.9. The number of amides is 2. The van der Waals surface area contributed by atoms with Gasteiger partial charge in [0.2, 0.25) is 5.91 Å². The van der Waals surface area contributed by atoms with E-state index in [-0.39, 0.29) is 17.9 Å². The van der Waals surface area contributed by atoms with Crippen LogP contribution in [0.2, 0.25) is 0 Å². The van der Waals surface area contributed by atoms with E-state index in [2.05, 4.69) is 0 Å². The van der Waals surface area contributed by atoms with Gasteiger partial charge in [0, 0.05) is 25.1 Å². The lowest BCUT2D eigenvalue weighted by molar-refractivity contribution is -0.136. The van der Waals surface area contributed by atoms with Gasteiger partial charge < -0.3 is 19.3 Å². The third-order valence-electron chi connectivity index (χ3n) is 5.33. The van der Waals surface area contributed by atoms with Crippen molar-refractivity contribution >= 4 is 11.8 Å². The van der Waals surface area contributed by atoms with Crippen LogP contribution in [0.3, 0.4) is 0 Å². The Labute approximate surface area is 134 Å². The van der Waals surface area contributed by atoms with Gasteiger partial charge >= 0.3 is 0 Å². The normalized spacial score (nSPS) is 29.0. The molecule has 3 heterocycles. The highest BCUT2D eigenvalue weighted by molar-refractivity contribution is 5.97. The molecule has 23 heavy (non-hydrogen) atoms. The van der Waals surface area contributed by atoms with E-state index in [1.807, 2.05) is 22.8 Å². The molecule has 3 fully saturated rings. The van der Waals surface area contributed by atoms with Crippen molar-refractivity contribution in [3.8, 4) is 5.75 Å². The van der Waals surface area contributed by atoms with Crippen LogP contribution in [0.4, 0.5) is 0 Å². The minimum atomic E-state index is -0.576. The number of rotatable bonds is 2. The molecule has 0 aliphatic carbocycles. The lowest BCUT2D eigenvalue weighted by atomic mass is 10.0. The Hall–Kier alpha value is -2.08. The highest BCUT2D eigenvalue weighted by atomic mass is 16.5. The standard InChI is InChI=1S/C17H20N2O4/c1-11-9-12(22-2)3-4-13(11)16(21)18-6-5-17-14(18)10-15(20)19(17)7-8-23-17/h3-4,9,14H,5-8,10H2,1-2H3/t14-,17+/m1/s1. The van der Waals surface area contributed by atoms with Gasteiger partial charge in [0.1, 0.15) is 5.75 Å². The summed E-state index contributed by atoms with van der Waals surface area (Å²) >= 11 is 0. The molecular weight excluding hydrogens is 296 g/mol. The van der Waals surface area contributed by atoms with Crippen LogP contribution >= 0.6 is 0 Å². The highest BCUT2D eigenvalue weighted by Crippen LogP contribution is 2.46. The van der Waals surface area contributed by atoms with Gasteiger partial charge in [0.15, 0.2) is 5.72 Å². The molecule has 122 valence electrons. The fraction of sp³-hybridized carbons (Fsp3) is 0.529. The summed E-state index contributed by atoms with van der Waals surface area (Å²) in [6.45, 7) is 3.73. The number of aryl methyl sites for hydroxylation is 1. The third-order valence-corrected chi connectivity index (χ3v) is 5.33. The molecule has 0 bridgehead atoms. The number of ether oxygens (including phenoxy) is 2. The zero-order chi connectivity index (χ0) is 16.2. The zero-order valence-corrected chi connectivity index (χ0v) is 13.4. The number of nitrogens with zero attached hydrogens (tertiary/aromatic N) is 2. The first kappa shape index (κ1) is 14.5. The van der Waals surface area contributed by atoms with Crippen molar-refractivity contribution in [2.45, 2.75) is 31.5 Å². The van der Waals surface area contributed by atoms with Crippen molar-refractivity contribution in [2.24, 2.45) is 0 Å². The number of hydrogen-bond donors (Lipinski definition) is 0. The first-order chi connectivity index (χ1) is 11.1. The highest BCUT2D eigenvalue weighted by Gasteiger charge is 2.62. The number of carbonyl (C=O) groups is 2. The largest absolute Gasteiger partial charge is 0.497 e. The van der Waals surface area contributed by atoms with Crippen LogP contribution in [0, 0.1) is 6.92 Å². The van der Waals surface area contributed by atoms with Crippen molar-refractivity contribution in [1.82, 2.24) is 9.80 Å². The van der Waals surface area contributed by atoms with Crippen LogP contribution in [0.25, 0.3) is 0 Å². The van der Waals surface area contributed by atoms with E-state index in [4.69, 9.17) is 9.47 Å². The Morgan fingerprint density at radius 2 is 2.22 bits per heavy atom. The predicted octanol–water partition coefficient (Wildman–Crippen LogP) is 1.18. The van der Waals surface area contributed by atoms with Gasteiger partial charge in [0.05, 0.1) is 26.2 Å². The predicted molar refractivity (Wildman–Crippen MR) is 82.2 cm³/mol. The van der Waals surface area contributed by atoms with E-state index in [1.54, 1.807) is 19.2 Å². The number of likely N-dealkylation sites (tertiary alicyclic amines) is 1. The lowest BCUT2D eigenvalue weighted by Crippen LogP contribution is -2.48. The van der Waals surface area contributed by atoms with E-state index < -0.39 is 5.72 Å². The molecule has 1 spiro atoms. The molecule has 2 atom stereocenters. The number of carbonyl (C=O) groups excluding carboxylic acids is 2. The molecule has 2 amide bonds. The summed E-state index contributed by atoms with van der Waals surface area (Å²) < 4.78 is 11.1. The Morgan fingerprint density at radius 1 is 1.39 bits per heavy atom. The van der Waals surface area contributed by atoms with Crippen LogP contribution in [0.5, 0.6) is 5.75 Å². The summed E-state index contributed by atoms with van der Waals surface area (Å²) in [5.74, 6) is 0.798. The van der Waals surface area contributed by atoms with Gasteiger partial charge in [-0.15, -0.1) is 0 Å². The molecule has 0 radical (unpaired) electrons. The maximum Gasteiger partial charge on any atom is 0.254 e. The van der Waals surface area contributed by atoms with E-state index in [0.29, 0.717) is 38.1 Å². The van der Waals surface area contributed by atoms with Crippen molar-refractivity contribution in [3.05, 3.63) is 29.3 Å². The molecular formula is C17H20N2O4. The average molecular weight is 316 g/mol. The monoisotopic (exact) mass is 316 g/mol. The first-order valence-electron chi connectivity index (χ1n) is 7.97. The molecule has 0 unspecified atom stereocenters. The zero-order valence-electron chi connectivity index (χ0n) is 13.4. The molecule has 0 saturated carbocycles. The van der Waals surface area contributed by atoms with E-state index in [1.165, 1.54) is 0 Å². The Balaban J connectivity index is 1.64. The average Bonchev–Trinajstić information content (AvgIpc) is 3.18. The molecule has 0 aromatic heterocycles. The van der Waals surface area contributed by atoms with E-state index in [9.17, 15) is 9.59 Å². The molecule has 3 aliphatic heterocycles. The Bertz CT molecular complexity index is 689. The molecule has 3 saturated heterocycles. The summed E-state index contributed by atoms with van der Waals surface area (Å²) in [5, 5.41) is 0. The fourth-order valence-electron chi connectivity index (χ4n) is 4.19. The van der Waals surface area contributed by atoms with E-state index >= 15 is 0 Å². The third kappa shape index (κ3) is 1.91. The van der Waals surface area contributed by atoms with Crippen molar-refractivity contribution in [2.75, 3.05) is 26.8 Å². The second-order valence-electron chi connectivity index (χ2n) is 6.39. The summed E-state index contributed by atoms with van der Waals surface area (Å²) in [6, 6.07) is 5.28. The minimum Gasteiger partial charge on any atom is -0.497 e. The van der Waals surface area contributed by atoms with Crippen LogP contribution in [-0.2, 0) is 9.53 Å². The molecule has 6 nitrogen and oxygen atoms in total. The second kappa shape index (κ2) is 4.96. The van der Waals surface area contributed by atoms with Gasteiger partial charge in [0.25, 0.3) is 5.91 Å². The van der Waals surface area contributed by atoms with Gasteiger partial charge in [-0.25, -0.2) is 0 Å². The molecule has 1 aromatic carbocycles. The van der Waals surface area contributed by atoms with Crippen molar-refractivity contribution in [3.63, 3.8) is 0 Å². The SMILES string of the molecule is COc1ccc(C(=O)N2CC[C@@]34OCCN3C(=O)C[C@@H]24)c(C)c1. The molecule has 4 rings (SSSR count). The maximum atomic E-state index is 13.0. The number of hydrogen-bond acceptors (Lipinski definition) is 4. The lowest BCUT2D eigenvalue weighted by Gasteiger charge is -2.31. The van der Waals surface area contributed by atoms with Gasteiger partial charge in [-0.1, -0.05) is 0 Å². The number of benzene rings is 1. The maximum absolute atomic E-state index is 13.0. The minimum absolute atomic E-state index is 0.0304. The topological polar surface area (TPSA) is 59.1 Å². The summed E-state index contributed by atoms with van der Waals surface area (Å²) in [5.41, 5.74) is 0.961. The molecule has 1 aromatic rings. The molecule has 6 heteroatoms. The van der Waals surface area contributed by atoms with E-state index in [0.717, 1.165) is 11.3 Å². The molecule has 0 N–H and O–H groups in total. The van der Waals surface area contributed by atoms with Crippen LogP contribution < -0.4 is 4.74 Å². The van der Waals surface area contributed by atoms with Crippen molar-refractivity contribution < 1.29 is 19.1 Å². The van der Waals surface area contributed by atoms with Crippen LogP contribution in [0.1, 0.15) is 28.8 Å². The molecule has 3 aliphatic rings. The van der Waals surface area contributed by atoms with Gasteiger partial charge in [-0.05, 0) is 30.7 Å². The first-order valence-corrected chi connectivity index (χ1v) is 7.97. The smallest absolute Gasteiger partial charge is 0.254 e. The van der Waals surface area contributed by atoms with Gasteiger partial charge in [-0.3, -0.25) is 9.59 Å². The quantitative estimate of drug-likeness (QED) is 0.822. The Morgan fingerprint density at radius 3 is 2.96 bits per heavy atom. The summed E-state index contributed by atoms with van der Waals surface area (Å²) in [6.07, 6.45) is 1.06. The second-order valence-corrected chi connectivity index (χ2v) is 6.39. The van der Waals surface area contributed by atoms with Gasteiger partial charge in [-0.2, -0.15) is 0 Å². The van der Waals surface area contributed by atoms with Crippen molar-refractivity contribution in [1.29, 1.82) is 0 Å². The Kier molecular flexibility index (Phi) is 3.13. The van der Waals surface area contributed by atoms with Crippen LogP contribution in [-0.4, -0.2) is 60.2 Å². The summed E-state index contributed by atoms with van der Waals surface area (Å²) in [7, 11) is 1.61. The van der Waals surface area contributed by atoms with Crippen LogP contribution in [0.15, 0.2) is 18.2 Å².